The van der Waals surface area contributed by atoms with E-state index in [1.165, 1.54) is 11.8 Å². The van der Waals surface area contributed by atoms with Crippen LogP contribution in [0.2, 0.25) is 0 Å². The maximum Gasteiger partial charge on any atom is 0.234 e. The fraction of sp³-hybridized carbons (Fsp3) is 0.250. The first-order valence-electron chi connectivity index (χ1n) is 8.92. The Morgan fingerprint density at radius 2 is 1.76 bits per heavy atom. The lowest BCUT2D eigenvalue weighted by Crippen LogP contribution is -2.14. The standard InChI is InChI=1S/C20H22N4O4S/c1-4-28-15-7-5-13(6-8-15)19-22-20(24-23-19)29-12-18(25)21-14-9-16(26-2)11-17(10-14)27-3/h5-11H,4,12H2,1-3H3,(H,21,25)(H,22,23,24). The van der Waals surface area contributed by atoms with E-state index in [0.29, 0.717) is 34.8 Å². The topological polar surface area (TPSA) is 98.4 Å². The highest BCUT2D eigenvalue weighted by Crippen LogP contribution is 2.26. The lowest BCUT2D eigenvalue weighted by atomic mass is 10.2. The van der Waals surface area contributed by atoms with Crippen LogP contribution in [-0.2, 0) is 4.79 Å². The van der Waals surface area contributed by atoms with Crippen LogP contribution >= 0.6 is 11.8 Å². The molecule has 0 saturated carbocycles. The van der Waals surface area contributed by atoms with E-state index >= 15 is 0 Å². The van der Waals surface area contributed by atoms with Crippen molar-refractivity contribution in [2.24, 2.45) is 0 Å². The monoisotopic (exact) mass is 414 g/mol. The van der Waals surface area contributed by atoms with Gasteiger partial charge < -0.3 is 19.5 Å². The molecule has 9 heteroatoms. The number of aromatic amines is 1. The van der Waals surface area contributed by atoms with Gasteiger partial charge in [-0.25, -0.2) is 4.98 Å². The minimum atomic E-state index is -0.183. The van der Waals surface area contributed by atoms with Crippen LogP contribution in [0.15, 0.2) is 47.6 Å². The van der Waals surface area contributed by atoms with Crippen LogP contribution in [0.4, 0.5) is 5.69 Å². The van der Waals surface area contributed by atoms with E-state index in [1.54, 1.807) is 32.4 Å². The van der Waals surface area contributed by atoms with Crippen LogP contribution in [0.5, 0.6) is 17.2 Å². The molecule has 0 atom stereocenters. The van der Waals surface area contributed by atoms with Crippen LogP contribution in [0, 0.1) is 0 Å². The third-order valence-corrected chi connectivity index (χ3v) is 4.72. The van der Waals surface area contributed by atoms with Crippen LogP contribution in [-0.4, -0.2) is 47.7 Å². The number of methoxy groups -OCH3 is 2. The zero-order valence-electron chi connectivity index (χ0n) is 16.4. The number of benzene rings is 2. The van der Waals surface area contributed by atoms with Crippen molar-refractivity contribution in [3.63, 3.8) is 0 Å². The summed E-state index contributed by atoms with van der Waals surface area (Å²) in [5, 5.41) is 10.4. The molecule has 0 aliphatic carbocycles. The van der Waals surface area contributed by atoms with Crippen molar-refractivity contribution in [1.29, 1.82) is 0 Å². The first-order valence-corrected chi connectivity index (χ1v) is 9.91. The van der Waals surface area contributed by atoms with Gasteiger partial charge in [0.05, 0.1) is 26.6 Å². The molecule has 2 N–H and O–H groups in total. The number of thioether (sulfide) groups is 1. The molecule has 0 aliphatic rings. The normalized spacial score (nSPS) is 10.4. The molecule has 1 heterocycles. The van der Waals surface area contributed by atoms with Crippen molar-refractivity contribution in [2.45, 2.75) is 12.1 Å². The lowest BCUT2D eigenvalue weighted by Gasteiger charge is -2.09. The molecule has 29 heavy (non-hydrogen) atoms. The van der Waals surface area contributed by atoms with Gasteiger partial charge in [0.2, 0.25) is 11.1 Å². The van der Waals surface area contributed by atoms with E-state index in [-0.39, 0.29) is 11.7 Å². The van der Waals surface area contributed by atoms with Gasteiger partial charge in [-0.2, -0.15) is 0 Å². The molecule has 1 aromatic heterocycles. The molecule has 0 spiro atoms. The first kappa shape index (κ1) is 20.5. The van der Waals surface area contributed by atoms with Crippen molar-refractivity contribution < 1.29 is 19.0 Å². The summed E-state index contributed by atoms with van der Waals surface area (Å²) in [6, 6.07) is 12.8. The fourth-order valence-corrected chi connectivity index (χ4v) is 3.12. The number of H-pyrrole nitrogens is 1. The quantitative estimate of drug-likeness (QED) is 0.516. The molecule has 0 aliphatic heterocycles. The molecule has 0 saturated heterocycles. The Hall–Kier alpha value is -3.20. The number of aromatic nitrogens is 3. The average molecular weight is 414 g/mol. The summed E-state index contributed by atoms with van der Waals surface area (Å²) >= 11 is 1.24. The second kappa shape index (κ2) is 9.83. The number of anilines is 1. The van der Waals surface area contributed by atoms with Gasteiger partial charge in [0, 0.05) is 29.4 Å². The Bertz CT molecular complexity index is 937. The Labute approximate surface area is 173 Å². The summed E-state index contributed by atoms with van der Waals surface area (Å²) < 4.78 is 15.8. The number of nitrogens with zero attached hydrogens (tertiary/aromatic N) is 2. The van der Waals surface area contributed by atoms with Gasteiger partial charge >= 0.3 is 0 Å². The van der Waals surface area contributed by atoms with Crippen LogP contribution in [0.3, 0.4) is 0 Å². The molecule has 1 amide bonds. The highest BCUT2D eigenvalue weighted by Gasteiger charge is 2.11. The predicted molar refractivity (Wildman–Crippen MR) is 112 cm³/mol. The molecular weight excluding hydrogens is 392 g/mol. The number of rotatable bonds is 9. The predicted octanol–water partition coefficient (Wildman–Crippen LogP) is 3.62. The SMILES string of the molecule is CCOc1ccc(-c2nc(SCC(=O)Nc3cc(OC)cc(OC)c3)n[nH]2)cc1. The van der Waals surface area contributed by atoms with Gasteiger partial charge in [-0.3, -0.25) is 9.89 Å². The Morgan fingerprint density at radius 3 is 2.38 bits per heavy atom. The number of carbonyl (C=O) groups is 1. The molecule has 152 valence electrons. The molecule has 0 fully saturated rings. The summed E-state index contributed by atoms with van der Waals surface area (Å²) in [5.41, 5.74) is 1.48. The first-order chi connectivity index (χ1) is 14.1. The molecule has 0 bridgehead atoms. The molecule has 2 aromatic carbocycles. The second-order valence-electron chi connectivity index (χ2n) is 5.86. The number of nitrogens with one attached hydrogen (secondary N) is 2. The number of ether oxygens (including phenoxy) is 3. The molecule has 0 radical (unpaired) electrons. The highest BCUT2D eigenvalue weighted by atomic mass is 32.2. The lowest BCUT2D eigenvalue weighted by molar-refractivity contribution is -0.113. The van der Waals surface area contributed by atoms with E-state index < -0.39 is 0 Å². The molecule has 3 rings (SSSR count). The van der Waals surface area contributed by atoms with Gasteiger partial charge in [-0.15, -0.1) is 5.10 Å². The number of hydrogen-bond donors (Lipinski definition) is 2. The Balaban J connectivity index is 1.57. The summed E-state index contributed by atoms with van der Waals surface area (Å²) in [5.74, 6) is 2.62. The zero-order chi connectivity index (χ0) is 20.6. The number of hydrogen-bond acceptors (Lipinski definition) is 7. The third-order valence-electron chi connectivity index (χ3n) is 3.87. The Kier molecular flexibility index (Phi) is 6.96. The molecular formula is C20H22N4O4S. The smallest absolute Gasteiger partial charge is 0.234 e. The van der Waals surface area contributed by atoms with Crippen molar-refractivity contribution >= 4 is 23.4 Å². The summed E-state index contributed by atoms with van der Waals surface area (Å²) in [7, 11) is 3.11. The van der Waals surface area contributed by atoms with Crippen LogP contribution in [0.1, 0.15) is 6.92 Å². The van der Waals surface area contributed by atoms with E-state index in [2.05, 4.69) is 20.5 Å². The van der Waals surface area contributed by atoms with E-state index in [4.69, 9.17) is 14.2 Å². The minimum Gasteiger partial charge on any atom is -0.497 e. The molecule has 3 aromatic rings. The van der Waals surface area contributed by atoms with Crippen molar-refractivity contribution in [3.05, 3.63) is 42.5 Å². The van der Waals surface area contributed by atoms with Crippen molar-refractivity contribution in [1.82, 2.24) is 15.2 Å². The average Bonchev–Trinajstić information content (AvgIpc) is 3.22. The maximum absolute atomic E-state index is 12.3. The number of carbonyl (C=O) groups excluding carboxylic acids is 1. The maximum atomic E-state index is 12.3. The van der Waals surface area contributed by atoms with Crippen LogP contribution in [0.25, 0.3) is 11.4 Å². The van der Waals surface area contributed by atoms with Crippen LogP contribution < -0.4 is 19.5 Å². The van der Waals surface area contributed by atoms with Gasteiger partial charge in [-0.1, -0.05) is 11.8 Å². The Morgan fingerprint density at radius 1 is 1.07 bits per heavy atom. The summed E-state index contributed by atoms with van der Waals surface area (Å²) in [6.07, 6.45) is 0. The number of amides is 1. The zero-order valence-corrected chi connectivity index (χ0v) is 17.2. The molecule has 8 nitrogen and oxygen atoms in total. The molecule has 0 unspecified atom stereocenters. The fourth-order valence-electron chi connectivity index (χ4n) is 2.52. The largest absolute Gasteiger partial charge is 0.497 e. The van der Waals surface area contributed by atoms with E-state index in [1.807, 2.05) is 31.2 Å². The van der Waals surface area contributed by atoms with Gasteiger partial charge in [0.15, 0.2) is 5.82 Å². The summed E-state index contributed by atoms with van der Waals surface area (Å²) in [6.45, 7) is 2.56. The minimum absolute atomic E-state index is 0.167. The summed E-state index contributed by atoms with van der Waals surface area (Å²) in [4.78, 5) is 16.7. The van der Waals surface area contributed by atoms with E-state index in [0.717, 1.165) is 11.3 Å². The van der Waals surface area contributed by atoms with Crippen molar-refractivity contribution in [3.8, 4) is 28.6 Å². The van der Waals surface area contributed by atoms with Gasteiger partial charge in [0.1, 0.15) is 17.2 Å². The third kappa shape index (κ3) is 5.64. The second-order valence-corrected chi connectivity index (χ2v) is 6.80. The van der Waals surface area contributed by atoms with Gasteiger partial charge in [0.25, 0.3) is 0 Å². The van der Waals surface area contributed by atoms with Gasteiger partial charge in [-0.05, 0) is 31.2 Å². The van der Waals surface area contributed by atoms with E-state index in [9.17, 15) is 4.79 Å². The van der Waals surface area contributed by atoms with Crippen molar-refractivity contribution in [2.75, 3.05) is 31.9 Å². The highest BCUT2D eigenvalue weighted by molar-refractivity contribution is 7.99.